The summed E-state index contributed by atoms with van der Waals surface area (Å²) in [5, 5.41) is 3.75. The second-order valence-electron chi connectivity index (χ2n) is 11.8. The summed E-state index contributed by atoms with van der Waals surface area (Å²) >= 11 is 0. The number of hydrogen-bond donors (Lipinski definition) is 1. The van der Waals surface area contributed by atoms with Gasteiger partial charge in [0, 0.05) is 44.2 Å². The highest BCUT2D eigenvalue weighted by atomic mass is 16.6. The normalized spacial score (nSPS) is 28.4. The van der Waals surface area contributed by atoms with E-state index in [1.807, 2.05) is 0 Å². The molecular weight excluding hydrogens is 388 g/mol. The number of hydrogen-bond acceptors (Lipinski definition) is 4. The van der Waals surface area contributed by atoms with Crippen molar-refractivity contribution in [3.63, 3.8) is 0 Å². The van der Waals surface area contributed by atoms with Crippen molar-refractivity contribution in [3.05, 3.63) is 0 Å². The Labute approximate surface area is 191 Å². The molecule has 3 rings (SSSR count). The molecule has 0 aromatic heterocycles. The number of carbonyl (C=O) groups is 1. The van der Waals surface area contributed by atoms with Crippen LogP contribution in [0.3, 0.4) is 0 Å². The average molecular weight is 437 g/mol. The van der Waals surface area contributed by atoms with Gasteiger partial charge < -0.3 is 19.7 Å². The van der Waals surface area contributed by atoms with E-state index >= 15 is 0 Å². The Bertz CT molecular complexity index is 573. The lowest BCUT2D eigenvalue weighted by molar-refractivity contribution is -0.176. The number of carbonyl (C=O) groups excluding carboxylic acids is 1. The van der Waals surface area contributed by atoms with Gasteiger partial charge in [-0.3, -0.25) is 4.79 Å². The van der Waals surface area contributed by atoms with E-state index in [1.165, 1.54) is 44.9 Å². The summed E-state index contributed by atoms with van der Waals surface area (Å²) in [7, 11) is 1.74. The first-order chi connectivity index (χ1) is 14.6. The Morgan fingerprint density at radius 1 is 0.871 bits per heavy atom. The third-order valence-electron chi connectivity index (χ3n) is 7.51. The molecule has 0 bridgehead atoms. The molecule has 2 aliphatic heterocycles. The lowest BCUT2D eigenvalue weighted by Gasteiger charge is -2.50. The highest BCUT2D eigenvalue weighted by Gasteiger charge is 2.64. The maximum Gasteiger partial charge on any atom is 0.257 e. The highest BCUT2D eigenvalue weighted by molar-refractivity contribution is 5.88. The van der Waals surface area contributed by atoms with Gasteiger partial charge in [0.25, 0.3) is 5.91 Å². The van der Waals surface area contributed by atoms with Crippen LogP contribution in [0.2, 0.25) is 0 Å². The van der Waals surface area contributed by atoms with Gasteiger partial charge in [0.1, 0.15) is 5.72 Å². The molecule has 0 radical (unpaired) electrons. The van der Waals surface area contributed by atoms with Gasteiger partial charge in [0.15, 0.2) is 5.60 Å². The van der Waals surface area contributed by atoms with E-state index in [9.17, 15) is 4.79 Å². The monoisotopic (exact) mass is 436 g/mol. The van der Waals surface area contributed by atoms with Crippen LogP contribution in [0.1, 0.15) is 118 Å². The molecule has 2 spiro atoms. The smallest absolute Gasteiger partial charge is 0.257 e. The summed E-state index contributed by atoms with van der Waals surface area (Å²) in [4.78, 5) is 16.3. The van der Waals surface area contributed by atoms with E-state index < -0.39 is 11.3 Å². The average Bonchev–Trinajstić information content (AvgIpc) is 2.84. The summed E-state index contributed by atoms with van der Waals surface area (Å²) in [5.41, 5.74) is -1.41. The van der Waals surface area contributed by atoms with Crippen LogP contribution >= 0.6 is 0 Å². The van der Waals surface area contributed by atoms with Gasteiger partial charge in [-0.15, -0.1) is 0 Å². The van der Waals surface area contributed by atoms with Gasteiger partial charge in [0.2, 0.25) is 0 Å². The number of nitrogens with zero attached hydrogens (tertiary/aromatic N) is 1. The number of nitrogens with one attached hydrogen (secondary N) is 1. The van der Waals surface area contributed by atoms with Gasteiger partial charge in [-0.2, -0.15) is 0 Å². The van der Waals surface area contributed by atoms with Crippen LogP contribution < -0.4 is 5.32 Å². The minimum Gasteiger partial charge on any atom is -0.385 e. The van der Waals surface area contributed by atoms with Crippen molar-refractivity contribution >= 4 is 5.91 Å². The summed E-state index contributed by atoms with van der Waals surface area (Å²) in [6.07, 6.45) is 15.8. The zero-order chi connectivity index (χ0) is 22.6. The minimum atomic E-state index is -0.706. The van der Waals surface area contributed by atoms with Crippen molar-refractivity contribution in [2.75, 3.05) is 20.3 Å². The fourth-order valence-corrected chi connectivity index (χ4v) is 6.82. The fourth-order valence-electron chi connectivity index (χ4n) is 6.82. The zero-order valence-corrected chi connectivity index (χ0v) is 21.0. The lowest BCUT2D eigenvalue weighted by atomic mass is 9.72. The first-order valence-corrected chi connectivity index (χ1v) is 12.9. The van der Waals surface area contributed by atoms with Gasteiger partial charge in [0.05, 0.1) is 0 Å². The molecule has 31 heavy (non-hydrogen) atoms. The number of amides is 1. The molecule has 1 amide bonds. The second-order valence-corrected chi connectivity index (χ2v) is 11.8. The molecule has 0 aromatic carbocycles. The Hall–Kier alpha value is -0.650. The molecular formula is C26H48N2O3. The highest BCUT2D eigenvalue weighted by Crippen LogP contribution is 2.50. The number of piperidine rings is 1. The van der Waals surface area contributed by atoms with E-state index in [1.54, 1.807) is 7.11 Å². The van der Waals surface area contributed by atoms with Crippen molar-refractivity contribution in [1.29, 1.82) is 0 Å². The fraction of sp³-hybridized carbons (Fsp3) is 0.962. The van der Waals surface area contributed by atoms with Gasteiger partial charge in [-0.1, -0.05) is 44.9 Å². The Morgan fingerprint density at radius 3 is 1.84 bits per heavy atom. The van der Waals surface area contributed by atoms with Crippen LogP contribution in [0.4, 0.5) is 0 Å². The van der Waals surface area contributed by atoms with E-state index in [4.69, 9.17) is 9.47 Å². The van der Waals surface area contributed by atoms with Gasteiger partial charge in [-0.25, -0.2) is 0 Å². The molecule has 0 atom stereocenters. The predicted octanol–water partition coefficient (Wildman–Crippen LogP) is 5.56. The van der Waals surface area contributed by atoms with Crippen LogP contribution in [0.5, 0.6) is 0 Å². The van der Waals surface area contributed by atoms with Crippen LogP contribution in [0.15, 0.2) is 0 Å². The molecule has 3 aliphatic rings. The number of ether oxygens (including phenoxy) is 2. The van der Waals surface area contributed by atoms with Crippen molar-refractivity contribution < 1.29 is 14.3 Å². The maximum absolute atomic E-state index is 14.1. The van der Waals surface area contributed by atoms with Crippen LogP contribution in [0.25, 0.3) is 0 Å². The SMILES string of the molecule is COCCCN1C(=O)C2(CC(C)(C)NC(C)(C)C2)OC12CCCCCCCCCCC2. The van der Waals surface area contributed by atoms with Gasteiger partial charge >= 0.3 is 0 Å². The van der Waals surface area contributed by atoms with E-state index in [0.717, 1.165) is 51.5 Å². The Kier molecular flexibility index (Phi) is 8.13. The number of rotatable bonds is 4. The quantitative estimate of drug-likeness (QED) is 0.586. The first kappa shape index (κ1) is 25.0. The zero-order valence-electron chi connectivity index (χ0n) is 21.0. The molecule has 0 unspecified atom stereocenters. The molecule has 1 aliphatic carbocycles. The van der Waals surface area contributed by atoms with Crippen molar-refractivity contribution in [2.45, 2.75) is 140 Å². The minimum absolute atomic E-state index is 0.132. The van der Waals surface area contributed by atoms with E-state index in [-0.39, 0.29) is 17.0 Å². The third kappa shape index (κ3) is 6.03. The second kappa shape index (κ2) is 10.1. The largest absolute Gasteiger partial charge is 0.385 e. The van der Waals surface area contributed by atoms with Crippen LogP contribution in [-0.2, 0) is 14.3 Å². The molecule has 1 N–H and O–H groups in total. The predicted molar refractivity (Wildman–Crippen MR) is 126 cm³/mol. The topological polar surface area (TPSA) is 50.8 Å². The third-order valence-corrected chi connectivity index (χ3v) is 7.51. The molecule has 2 saturated heterocycles. The Morgan fingerprint density at radius 2 is 1.35 bits per heavy atom. The van der Waals surface area contributed by atoms with Crippen molar-refractivity contribution in [3.8, 4) is 0 Å². The van der Waals surface area contributed by atoms with Crippen LogP contribution in [0, 0.1) is 0 Å². The van der Waals surface area contributed by atoms with Crippen molar-refractivity contribution in [2.24, 2.45) is 0 Å². The molecule has 5 heteroatoms. The maximum atomic E-state index is 14.1. The summed E-state index contributed by atoms with van der Waals surface area (Å²) in [6, 6.07) is 0. The summed E-state index contributed by atoms with van der Waals surface area (Å²) < 4.78 is 12.5. The molecule has 2 heterocycles. The Balaban J connectivity index is 1.91. The summed E-state index contributed by atoms with van der Waals surface area (Å²) in [6.45, 7) is 10.3. The molecule has 180 valence electrons. The molecule has 5 nitrogen and oxygen atoms in total. The number of methoxy groups -OCH3 is 1. The van der Waals surface area contributed by atoms with E-state index in [2.05, 4.69) is 37.9 Å². The molecule has 0 aromatic rings. The van der Waals surface area contributed by atoms with Crippen LogP contribution in [-0.4, -0.2) is 53.5 Å². The molecule has 1 saturated carbocycles. The van der Waals surface area contributed by atoms with Crippen molar-refractivity contribution in [1.82, 2.24) is 10.2 Å². The standard InChI is InChI=1S/C26H48N2O3/c1-23(2)20-25(21-24(3,4)27-23)22(29)28(18-15-19-30-5)26(31-25)16-13-11-9-7-6-8-10-12-14-17-26/h27H,6-21H2,1-5H3. The van der Waals surface area contributed by atoms with E-state index in [0.29, 0.717) is 6.61 Å². The summed E-state index contributed by atoms with van der Waals surface area (Å²) in [5.74, 6) is 0.235. The molecule has 3 fully saturated rings. The van der Waals surface area contributed by atoms with Gasteiger partial charge in [-0.05, 0) is 59.8 Å². The first-order valence-electron chi connectivity index (χ1n) is 12.9. The lowest BCUT2D eigenvalue weighted by Crippen LogP contribution is -2.65.